The summed E-state index contributed by atoms with van der Waals surface area (Å²) >= 11 is 0. The largest absolute Gasteiger partial charge is 0.340 e. The molecule has 220 valence electrons. The van der Waals surface area contributed by atoms with Gasteiger partial charge in [0.15, 0.2) is 5.69 Å². The molecule has 4 heteroatoms. The summed E-state index contributed by atoms with van der Waals surface area (Å²) in [5.41, 5.74) is 10.3. The molecule has 8 rings (SSSR count). The van der Waals surface area contributed by atoms with Gasteiger partial charge >= 0.3 is 0 Å². The van der Waals surface area contributed by atoms with Crippen LogP contribution in [-0.2, 0) is 5.41 Å². The van der Waals surface area contributed by atoms with Gasteiger partial charge in [0.05, 0.1) is 23.9 Å². The van der Waals surface area contributed by atoms with Crippen LogP contribution < -0.4 is 9.80 Å². The third-order valence-corrected chi connectivity index (χ3v) is 9.53. The molecule has 0 bridgehead atoms. The van der Waals surface area contributed by atoms with E-state index in [2.05, 4.69) is 133 Å². The van der Waals surface area contributed by atoms with E-state index in [4.69, 9.17) is 6.57 Å². The Balaban J connectivity index is 1.39. The topological polar surface area (TPSA) is 34.6 Å². The minimum atomic E-state index is -0.0857. The van der Waals surface area contributed by atoms with E-state index in [1.807, 2.05) is 24.3 Å². The Labute approximate surface area is 269 Å². The summed E-state index contributed by atoms with van der Waals surface area (Å²) in [6, 6.07) is 40.9. The molecule has 0 saturated heterocycles. The molecule has 1 heterocycles. The Kier molecular flexibility index (Phi) is 6.08. The van der Waals surface area contributed by atoms with Gasteiger partial charge in [-0.15, -0.1) is 0 Å². The second-order valence-corrected chi connectivity index (χ2v) is 13.2. The number of hydrogen-bond donors (Lipinski definition) is 0. The molecule has 1 aliphatic rings. The first-order valence-electron chi connectivity index (χ1n) is 15.6. The van der Waals surface area contributed by atoms with Crippen molar-refractivity contribution < 1.29 is 0 Å². The molecule has 0 amide bonds. The summed E-state index contributed by atoms with van der Waals surface area (Å²) in [6.45, 7) is 17.2. The van der Waals surface area contributed by atoms with Crippen molar-refractivity contribution in [3.05, 3.63) is 143 Å². The third-order valence-electron chi connectivity index (χ3n) is 9.53. The van der Waals surface area contributed by atoms with Crippen LogP contribution in [0.15, 0.2) is 109 Å². The van der Waals surface area contributed by atoms with Crippen LogP contribution in [0.4, 0.5) is 34.1 Å². The summed E-state index contributed by atoms with van der Waals surface area (Å²) < 4.78 is 0. The number of nitrogens with zero attached hydrogens (tertiary/aromatic N) is 4. The average Bonchev–Trinajstić information content (AvgIpc) is 3.33. The molecule has 0 spiro atoms. The molecule has 46 heavy (non-hydrogen) atoms. The van der Waals surface area contributed by atoms with E-state index in [0.29, 0.717) is 11.3 Å². The molecule has 1 aliphatic heterocycles. The van der Waals surface area contributed by atoms with Crippen molar-refractivity contribution in [3.8, 4) is 6.07 Å². The normalized spacial score (nSPS) is 13.7. The van der Waals surface area contributed by atoms with Gasteiger partial charge in [0.2, 0.25) is 0 Å². The van der Waals surface area contributed by atoms with Crippen molar-refractivity contribution in [2.45, 2.75) is 33.1 Å². The highest BCUT2D eigenvalue weighted by atomic mass is 15.2. The van der Waals surface area contributed by atoms with Crippen LogP contribution in [0, 0.1) is 31.8 Å². The fourth-order valence-electron chi connectivity index (χ4n) is 7.57. The monoisotopic (exact) mass is 592 g/mol. The number of hydrogen-bond acceptors (Lipinski definition) is 3. The van der Waals surface area contributed by atoms with Gasteiger partial charge < -0.3 is 9.80 Å². The van der Waals surface area contributed by atoms with Gasteiger partial charge in [0.25, 0.3) is 0 Å². The summed E-state index contributed by atoms with van der Waals surface area (Å²) in [6.07, 6.45) is 0. The van der Waals surface area contributed by atoms with Crippen molar-refractivity contribution in [1.29, 1.82) is 5.26 Å². The highest BCUT2D eigenvalue weighted by Crippen LogP contribution is 2.50. The molecule has 0 N–H and O–H groups in total. The van der Waals surface area contributed by atoms with Crippen LogP contribution in [0.2, 0.25) is 0 Å². The molecule has 0 fully saturated rings. The Bertz CT molecular complexity index is 2420. The lowest BCUT2D eigenvalue weighted by Crippen LogP contribution is -2.25. The van der Waals surface area contributed by atoms with Crippen molar-refractivity contribution in [3.63, 3.8) is 0 Å². The molecule has 0 unspecified atom stereocenters. The minimum absolute atomic E-state index is 0.0857. The summed E-state index contributed by atoms with van der Waals surface area (Å²) in [5, 5.41) is 17.1. The summed E-state index contributed by atoms with van der Waals surface area (Å²) in [7, 11) is 0. The molecule has 0 atom stereocenters. The lowest BCUT2D eigenvalue weighted by molar-refractivity contribution is 0.569. The van der Waals surface area contributed by atoms with Gasteiger partial charge in [-0.1, -0.05) is 74.5 Å². The standard InChI is InChI=1S/C42H32N4/c1-26-19-27(2)21-33(20-26)46(32-8-6-7-28(22-32)24-43)38-17-12-30-9-14-34-37(16-11-29-10-15-35(38)41(30)40(29)34)45-25-42(3,4)36-23-31(44-5)13-18-39(36)45/h6-23H,25H2,1-4H3. The maximum Gasteiger partial charge on any atom is 0.187 e. The van der Waals surface area contributed by atoms with Crippen molar-refractivity contribution in [2.75, 3.05) is 16.3 Å². The van der Waals surface area contributed by atoms with Crippen LogP contribution in [0.3, 0.4) is 0 Å². The Hall–Kier alpha value is -5.84. The Morgan fingerprint density at radius 3 is 2.15 bits per heavy atom. The van der Waals surface area contributed by atoms with Gasteiger partial charge in [0.1, 0.15) is 0 Å². The van der Waals surface area contributed by atoms with Crippen LogP contribution in [0.5, 0.6) is 0 Å². The SMILES string of the molecule is [C-]#[N+]c1ccc2c(c1)C(C)(C)CN2c1ccc2ccc3c(N(c4cc(C)cc(C)c4)c4cccc(C#N)c4)ccc4ccc1c2c43. The average molecular weight is 593 g/mol. The third kappa shape index (κ3) is 4.19. The van der Waals surface area contributed by atoms with Crippen LogP contribution >= 0.6 is 0 Å². The zero-order chi connectivity index (χ0) is 31.7. The molecular formula is C42H32N4. The molecule has 0 aliphatic carbocycles. The Morgan fingerprint density at radius 2 is 1.41 bits per heavy atom. The first kappa shape index (κ1) is 27.7. The number of fused-ring (bicyclic) bond motifs is 1. The van der Waals surface area contributed by atoms with Crippen LogP contribution in [-0.4, -0.2) is 6.54 Å². The lowest BCUT2D eigenvalue weighted by atomic mass is 9.87. The number of rotatable bonds is 4. The molecule has 4 nitrogen and oxygen atoms in total. The van der Waals surface area contributed by atoms with Crippen LogP contribution in [0.25, 0.3) is 37.2 Å². The predicted molar refractivity (Wildman–Crippen MR) is 192 cm³/mol. The molecule has 7 aromatic carbocycles. The van der Waals surface area contributed by atoms with Crippen molar-refractivity contribution in [2.24, 2.45) is 0 Å². The molecule has 7 aromatic rings. The van der Waals surface area contributed by atoms with E-state index in [-0.39, 0.29) is 5.41 Å². The zero-order valence-corrected chi connectivity index (χ0v) is 26.4. The van der Waals surface area contributed by atoms with E-state index < -0.39 is 0 Å². The first-order chi connectivity index (χ1) is 22.3. The quantitative estimate of drug-likeness (QED) is 0.151. The summed E-state index contributed by atoms with van der Waals surface area (Å²) in [5.74, 6) is 0. The molecule has 0 radical (unpaired) electrons. The number of benzene rings is 7. The predicted octanol–water partition coefficient (Wildman–Crippen LogP) is 11.5. The second-order valence-electron chi connectivity index (χ2n) is 13.2. The van der Waals surface area contributed by atoms with Gasteiger partial charge in [-0.05, 0) is 101 Å². The highest BCUT2D eigenvalue weighted by Gasteiger charge is 2.36. The maximum absolute atomic E-state index is 9.78. The van der Waals surface area contributed by atoms with E-state index in [0.717, 1.165) is 29.0 Å². The maximum atomic E-state index is 9.78. The number of aryl methyl sites for hydroxylation is 2. The first-order valence-corrected chi connectivity index (χ1v) is 15.6. The van der Waals surface area contributed by atoms with Gasteiger partial charge in [-0.25, -0.2) is 4.85 Å². The fourth-order valence-corrected chi connectivity index (χ4v) is 7.57. The van der Waals surface area contributed by atoms with E-state index in [1.54, 1.807) is 0 Å². The lowest BCUT2D eigenvalue weighted by Gasteiger charge is -2.29. The second kappa shape index (κ2) is 10.1. The van der Waals surface area contributed by atoms with E-state index in [1.165, 1.54) is 55.0 Å². The smallest absolute Gasteiger partial charge is 0.187 e. The fraction of sp³-hybridized carbons (Fsp3) is 0.143. The van der Waals surface area contributed by atoms with Crippen LogP contribution in [0.1, 0.15) is 36.1 Å². The molecule has 0 aromatic heterocycles. The number of anilines is 5. The highest BCUT2D eigenvalue weighted by molar-refractivity contribution is 6.28. The summed E-state index contributed by atoms with van der Waals surface area (Å²) in [4.78, 5) is 8.44. The Morgan fingerprint density at radius 1 is 0.739 bits per heavy atom. The van der Waals surface area contributed by atoms with E-state index in [9.17, 15) is 5.26 Å². The number of nitriles is 1. The van der Waals surface area contributed by atoms with E-state index >= 15 is 0 Å². The molecule has 0 saturated carbocycles. The zero-order valence-electron chi connectivity index (χ0n) is 26.4. The van der Waals surface area contributed by atoms with Crippen molar-refractivity contribution in [1.82, 2.24) is 0 Å². The van der Waals surface area contributed by atoms with Gasteiger partial charge in [-0.2, -0.15) is 5.26 Å². The minimum Gasteiger partial charge on any atom is -0.340 e. The van der Waals surface area contributed by atoms with Crippen molar-refractivity contribution >= 4 is 66.4 Å². The molecular weight excluding hydrogens is 560 g/mol. The van der Waals surface area contributed by atoms with Gasteiger partial charge in [-0.3, -0.25) is 0 Å². The van der Waals surface area contributed by atoms with Gasteiger partial charge in [0, 0.05) is 45.5 Å².